The van der Waals surface area contributed by atoms with Crippen LogP contribution in [-0.2, 0) is 4.74 Å². The van der Waals surface area contributed by atoms with E-state index in [1.807, 2.05) is 0 Å². The number of nitrogens with zero attached hydrogens (tertiary/aromatic N) is 2. The number of rotatable bonds is 2. The molecule has 0 aliphatic carbocycles. The van der Waals surface area contributed by atoms with Crippen LogP contribution in [0.2, 0.25) is 0 Å². The Morgan fingerprint density at radius 2 is 2.27 bits per heavy atom. The van der Waals surface area contributed by atoms with Gasteiger partial charge in [-0.25, -0.2) is 9.78 Å². The minimum Gasteiger partial charge on any atom is -0.497 e. The fourth-order valence-electron chi connectivity index (χ4n) is 1.35. The van der Waals surface area contributed by atoms with Crippen molar-refractivity contribution >= 4 is 11.5 Å². The van der Waals surface area contributed by atoms with E-state index in [0.717, 1.165) is 11.3 Å². The summed E-state index contributed by atoms with van der Waals surface area (Å²) in [6, 6.07) is 3.54. The summed E-state index contributed by atoms with van der Waals surface area (Å²) in [5.41, 5.74) is 0.787. The van der Waals surface area contributed by atoms with E-state index >= 15 is 0 Å². The number of hydrogen-bond donors (Lipinski definition) is 0. The summed E-state index contributed by atoms with van der Waals surface area (Å²) in [5.74, 6) is 0.522. The Labute approximate surface area is 86.3 Å². The molecule has 0 aromatic carbocycles. The zero-order valence-corrected chi connectivity index (χ0v) is 8.43. The van der Waals surface area contributed by atoms with Crippen LogP contribution in [0.15, 0.2) is 24.5 Å². The molecule has 0 saturated carbocycles. The van der Waals surface area contributed by atoms with E-state index in [1.54, 1.807) is 36.0 Å². The number of methoxy groups -OCH3 is 2. The van der Waals surface area contributed by atoms with Crippen molar-refractivity contribution in [3.8, 4) is 5.75 Å². The van der Waals surface area contributed by atoms with Gasteiger partial charge in [-0.2, -0.15) is 0 Å². The number of ether oxygens (including phenoxy) is 2. The SMILES string of the molecule is COC(=O)c1ncc2cc(OC)ccn12. The summed E-state index contributed by atoms with van der Waals surface area (Å²) < 4.78 is 11.3. The number of imidazole rings is 1. The smallest absolute Gasteiger partial charge is 0.374 e. The topological polar surface area (TPSA) is 52.8 Å². The van der Waals surface area contributed by atoms with Gasteiger partial charge in [0.1, 0.15) is 5.75 Å². The van der Waals surface area contributed by atoms with Gasteiger partial charge >= 0.3 is 5.97 Å². The van der Waals surface area contributed by atoms with E-state index in [0.29, 0.717) is 0 Å². The molecule has 0 fully saturated rings. The Morgan fingerprint density at radius 1 is 1.47 bits per heavy atom. The number of carbonyl (C=O) groups is 1. The third-order valence-corrected chi connectivity index (χ3v) is 2.11. The summed E-state index contributed by atoms with van der Waals surface area (Å²) in [6.07, 6.45) is 3.31. The highest BCUT2D eigenvalue weighted by Gasteiger charge is 2.12. The van der Waals surface area contributed by atoms with E-state index in [2.05, 4.69) is 9.72 Å². The lowest BCUT2D eigenvalue weighted by Gasteiger charge is -2.01. The summed E-state index contributed by atoms with van der Waals surface area (Å²) in [5, 5.41) is 0. The van der Waals surface area contributed by atoms with Gasteiger partial charge in [-0.15, -0.1) is 0 Å². The molecule has 5 heteroatoms. The van der Waals surface area contributed by atoms with Crippen LogP contribution in [0.5, 0.6) is 5.75 Å². The van der Waals surface area contributed by atoms with E-state index in [-0.39, 0.29) is 5.82 Å². The number of aromatic nitrogens is 2. The zero-order chi connectivity index (χ0) is 10.8. The number of pyridine rings is 1. The molecule has 0 spiro atoms. The number of esters is 1. The summed E-state index contributed by atoms with van der Waals surface area (Å²) >= 11 is 0. The molecule has 0 atom stereocenters. The van der Waals surface area contributed by atoms with Gasteiger partial charge in [0.15, 0.2) is 0 Å². The van der Waals surface area contributed by atoms with Crippen LogP contribution in [0.4, 0.5) is 0 Å². The van der Waals surface area contributed by atoms with Crippen molar-refractivity contribution in [2.45, 2.75) is 0 Å². The average molecular weight is 206 g/mol. The highest BCUT2D eigenvalue weighted by atomic mass is 16.5. The molecule has 0 saturated heterocycles. The van der Waals surface area contributed by atoms with Crippen LogP contribution in [0.1, 0.15) is 10.6 Å². The highest BCUT2D eigenvalue weighted by Crippen LogP contribution is 2.15. The molecule has 0 aliphatic heterocycles. The first-order chi connectivity index (χ1) is 7.26. The van der Waals surface area contributed by atoms with E-state index < -0.39 is 5.97 Å². The Kier molecular flexibility index (Phi) is 2.29. The van der Waals surface area contributed by atoms with Crippen molar-refractivity contribution in [3.63, 3.8) is 0 Å². The van der Waals surface area contributed by atoms with Gasteiger partial charge in [-0.05, 0) is 6.07 Å². The molecule has 0 bridgehead atoms. The van der Waals surface area contributed by atoms with Crippen LogP contribution in [0, 0.1) is 0 Å². The third-order valence-electron chi connectivity index (χ3n) is 2.11. The normalized spacial score (nSPS) is 10.3. The average Bonchev–Trinajstić information content (AvgIpc) is 2.70. The predicted molar refractivity (Wildman–Crippen MR) is 53.1 cm³/mol. The fraction of sp³-hybridized carbons (Fsp3) is 0.200. The van der Waals surface area contributed by atoms with Gasteiger partial charge in [0.2, 0.25) is 5.82 Å². The maximum absolute atomic E-state index is 11.3. The minimum atomic E-state index is -0.458. The number of hydrogen-bond acceptors (Lipinski definition) is 4. The monoisotopic (exact) mass is 206 g/mol. The maximum atomic E-state index is 11.3. The Bertz CT molecular complexity index is 504. The second kappa shape index (κ2) is 3.61. The van der Waals surface area contributed by atoms with Crippen molar-refractivity contribution in [1.29, 1.82) is 0 Å². The molecule has 5 nitrogen and oxygen atoms in total. The second-order valence-electron chi connectivity index (χ2n) is 2.93. The molecule has 2 rings (SSSR count). The van der Waals surface area contributed by atoms with Crippen molar-refractivity contribution in [3.05, 3.63) is 30.4 Å². The van der Waals surface area contributed by atoms with Crippen molar-refractivity contribution < 1.29 is 14.3 Å². The summed E-state index contributed by atoms with van der Waals surface area (Å²) in [7, 11) is 2.91. The molecule has 78 valence electrons. The quantitative estimate of drug-likeness (QED) is 0.691. The lowest BCUT2D eigenvalue weighted by molar-refractivity contribution is 0.0586. The first-order valence-electron chi connectivity index (χ1n) is 4.35. The van der Waals surface area contributed by atoms with Crippen LogP contribution in [0.25, 0.3) is 5.52 Å². The molecule has 0 aliphatic rings. The lowest BCUT2D eigenvalue weighted by Crippen LogP contribution is -2.06. The lowest BCUT2D eigenvalue weighted by atomic mass is 10.4. The molecule has 2 aromatic heterocycles. The maximum Gasteiger partial charge on any atom is 0.374 e. The van der Waals surface area contributed by atoms with Crippen molar-refractivity contribution in [2.24, 2.45) is 0 Å². The highest BCUT2D eigenvalue weighted by molar-refractivity contribution is 5.86. The molecule has 2 aromatic rings. The first kappa shape index (κ1) is 9.51. The number of carbonyl (C=O) groups excluding carboxylic acids is 1. The molecule has 0 N–H and O–H groups in total. The van der Waals surface area contributed by atoms with Crippen molar-refractivity contribution in [2.75, 3.05) is 14.2 Å². The Morgan fingerprint density at radius 3 is 2.93 bits per heavy atom. The van der Waals surface area contributed by atoms with E-state index in [4.69, 9.17) is 4.74 Å². The van der Waals surface area contributed by atoms with E-state index in [1.165, 1.54) is 7.11 Å². The van der Waals surface area contributed by atoms with Gasteiger partial charge in [0.25, 0.3) is 0 Å². The standard InChI is InChI=1S/C10H10N2O3/c1-14-8-3-4-12-7(5-8)6-11-9(12)10(13)15-2/h3-6H,1-2H3. The molecule has 2 heterocycles. The van der Waals surface area contributed by atoms with Gasteiger partial charge in [-0.3, -0.25) is 4.40 Å². The molecular formula is C10H10N2O3. The van der Waals surface area contributed by atoms with E-state index in [9.17, 15) is 4.79 Å². The Balaban J connectivity index is 2.57. The molecule has 0 unspecified atom stereocenters. The largest absolute Gasteiger partial charge is 0.497 e. The second-order valence-corrected chi connectivity index (χ2v) is 2.93. The van der Waals surface area contributed by atoms with Gasteiger partial charge in [-0.1, -0.05) is 0 Å². The predicted octanol–water partition coefficient (Wildman–Crippen LogP) is 1.13. The minimum absolute atomic E-state index is 0.259. The first-order valence-corrected chi connectivity index (χ1v) is 4.35. The molecular weight excluding hydrogens is 196 g/mol. The van der Waals surface area contributed by atoms with Gasteiger partial charge in [0, 0.05) is 12.3 Å². The summed E-state index contributed by atoms with van der Waals surface area (Å²) in [6.45, 7) is 0. The van der Waals surface area contributed by atoms with Crippen LogP contribution in [-0.4, -0.2) is 29.6 Å². The molecule has 0 radical (unpaired) electrons. The number of fused-ring (bicyclic) bond motifs is 1. The van der Waals surface area contributed by atoms with Crippen LogP contribution in [0.3, 0.4) is 0 Å². The van der Waals surface area contributed by atoms with Crippen molar-refractivity contribution in [1.82, 2.24) is 9.38 Å². The molecule has 0 amide bonds. The Hall–Kier alpha value is -2.04. The van der Waals surface area contributed by atoms with Gasteiger partial charge < -0.3 is 9.47 Å². The van der Waals surface area contributed by atoms with Crippen LogP contribution < -0.4 is 4.74 Å². The third kappa shape index (κ3) is 1.52. The fourth-order valence-corrected chi connectivity index (χ4v) is 1.35. The van der Waals surface area contributed by atoms with Crippen LogP contribution >= 0.6 is 0 Å². The summed E-state index contributed by atoms with van der Waals surface area (Å²) in [4.78, 5) is 15.3. The molecule has 15 heavy (non-hydrogen) atoms. The zero-order valence-electron chi connectivity index (χ0n) is 8.43. The van der Waals surface area contributed by atoms with Gasteiger partial charge in [0.05, 0.1) is 25.9 Å².